The summed E-state index contributed by atoms with van der Waals surface area (Å²) in [5, 5.41) is 1.16. The lowest BCUT2D eigenvalue weighted by atomic mass is 9.83. The van der Waals surface area contributed by atoms with Crippen molar-refractivity contribution in [1.82, 2.24) is 9.47 Å². The van der Waals surface area contributed by atoms with Crippen LogP contribution in [0, 0.1) is 5.92 Å². The van der Waals surface area contributed by atoms with Crippen LogP contribution in [0.2, 0.25) is 5.02 Å². The number of piperidine rings is 1. The van der Waals surface area contributed by atoms with Crippen molar-refractivity contribution in [2.75, 3.05) is 19.7 Å². The van der Waals surface area contributed by atoms with Crippen LogP contribution in [0.25, 0.3) is 11.0 Å². The highest BCUT2D eigenvalue weighted by molar-refractivity contribution is 6.32. The number of nitrogens with zero attached hydrogens (tertiary/aromatic N) is 2. The Morgan fingerprint density at radius 2 is 2.03 bits per heavy atom. The molecule has 1 amide bonds. The summed E-state index contributed by atoms with van der Waals surface area (Å²) in [4.78, 5) is 39.0. The molecule has 0 unspecified atom stereocenters. The van der Waals surface area contributed by atoms with Crippen molar-refractivity contribution in [2.45, 2.75) is 45.1 Å². The van der Waals surface area contributed by atoms with Crippen LogP contribution in [0.3, 0.4) is 0 Å². The van der Waals surface area contributed by atoms with Crippen LogP contribution in [0.15, 0.2) is 50.4 Å². The van der Waals surface area contributed by atoms with Gasteiger partial charge in [-0.25, -0.2) is 4.79 Å². The average Bonchev–Trinajstić information content (AvgIpc) is 2.82. The third-order valence-electron chi connectivity index (χ3n) is 6.87. The van der Waals surface area contributed by atoms with Crippen LogP contribution in [0.5, 0.6) is 5.75 Å². The molecule has 1 aromatic carbocycles. The van der Waals surface area contributed by atoms with Crippen molar-refractivity contribution in [3.63, 3.8) is 0 Å². The molecule has 0 radical (unpaired) electrons. The second kappa shape index (κ2) is 9.29. The van der Waals surface area contributed by atoms with E-state index in [1.54, 1.807) is 24.3 Å². The molecular weight excluding hydrogens is 456 g/mol. The molecule has 2 bridgehead atoms. The first-order valence-corrected chi connectivity index (χ1v) is 12.2. The van der Waals surface area contributed by atoms with Crippen molar-refractivity contribution < 1.29 is 13.9 Å². The smallest absolute Gasteiger partial charge is 0.336 e. The largest absolute Gasteiger partial charge is 0.482 e. The molecule has 2 aromatic heterocycles. The van der Waals surface area contributed by atoms with E-state index in [9.17, 15) is 14.4 Å². The molecule has 2 aliphatic heterocycles. The van der Waals surface area contributed by atoms with E-state index in [2.05, 4.69) is 6.92 Å². The molecule has 2 aliphatic rings. The number of unbranched alkanes of at least 4 members (excludes halogenated alkanes) is 1. The molecule has 1 saturated heterocycles. The Kier molecular flexibility index (Phi) is 6.21. The van der Waals surface area contributed by atoms with Crippen LogP contribution in [0.4, 0.5) is 0 Å². The number of pyridine rings is 1. The number of halogens is 1. The first-order chi connectivity index (χ1) is 16.4. The summed E-state index contributed by atoms with van der Waals surface area (Å²) >= 11 is 6.47. The number of rotatable bonds is 6. The molecule has 178 valence electrons. The Bertz CT molecular complexity index is 1360. The summed E-state index contributed by atoms with van der Waals surface area (Å²) in [7, 11) is 0. The molecule has 5 rings (SSSR count). The zero-order valence-corrected chi connectivity index (χ0v) is 19.8. The highest BCUT2D eigenvalue weighted by Crippen LogP contribution is 2.35. The summed E-state index contributed by atoms with van der Waals surface area (Å²) in [6.07, 6.45) is 3.71. The summed E-state index contributed by atoms with van der Waals surface area (Å²) < 4.78 is 13.0. The molecule has 0 N–H and O–H groups in total. The standard InChI is InChI=1S/C26H27ClN2O5/c1-2-3-5-17-9-26(32)34-22-11-23(20(27)10-19(17)22)33-15-25(31)28-12-16-8-18(14-28)21-6-4-7-24(30)29(21)13-16/h4,6-7,9-11,16,18H,2-3,5,8,12-15H2,1H3/t16-,18+/m1/s1. The topological polar surface area (TPSA) is 81.8 Å². The Hall–Kier alpha value is -3.06. The highest BCUT2D eigenvalue weighted by atomic mass is 35.5. The molecule has 8 heteroatoms. The van der Waals surface area contributed by atoms with E-state index in [1.165, 1.54) is 6.07 Å². The predicted molar refractivity (Wildman–Crippen MR) is 130 cm³/mol. The predicted octanol–water partition coefficient (Wildman–Crippen LogP) is 3.98. The zero-order valence-electron chi connectivity index (χ0n) is 19.1. The van der Waals surface area contributed by atoms with E-state index in [-0.39, 0.29) is 29.9 Å². The van der Waals surface area contributed by atoms with Gasteiger partial charge in [-0.2, -0.15) is 0 Å². The van der Waals surface area contributed by atoms with Crippen LogP contribution in [-0.2, 0) is 17.8 Å². The number of aryl methyl sites for hydroxylation is 1. The van der Waals surface area contributed by atoms with Crippen molar-refractivity contribution in [1.29, 1.82) is 0 Å². The van der Waals surface area contributed by atoms with E-state index < -0.39 is 5.63 Å². The van der Waals surface area contributed by atoms with Gasteiger partial charge in [0.25, 0.3) is 11.5 Å². The van der Waals surface area contributed by atoms with Gasteiger partial charge in [-0.1, -0.05) is 31.0 Å². The maximum atomic E-state index is 13.0. The van der Waals surface area contributed by atoms with Gasteiger partial charge in [-0.3, -0.25) is 9.59 Å². The third-order valence-corrected chi connectivity index (χ3v) is 7.16. The fourth-order valence-electron chi connectivity index (χ4n) is 5.24. The van der Waals surface area contributed by atoms with Gasteiger partial charge in [0.1, 0.15) is 11.3 Å². The first kappa shape index (κ1) is 22.7. The summed E-state index contributed by atoms with van der Waals surface area (Å²) in [6.45, 7) is 3.72. The fraction of sp³-hybridized carbons (Fsp3) is 0.423. The van der Waals surface area contributed by atoms with E-state index in [4.69, 9.17) is 20.8 Å². The maximum absolute atomic E-state index is 13.0. The van der Waals surface area contributed by atoms with E-state index in [1.807, 2.05) is 15.5 Å². The Morgan fingerprint density at radius 3 is 2.85 bits per heavy atom. The molecule has 0 spiro atoms. The van der Waals surface area contributed by atoms with E-state index >= 15 is 0 Å². The maximum Gasteiger partial charge on any atom is 0.336 e. The summed E-state index contributed by atoms with van der Waals surface area (Å²) in [5.41, 5.74) is 1.90. The summed E-state index contributed by atoms with van der Waals surface area (Å²) in [5.74, 6) is 0.573. The Balaban J connectivity index is 1.31. The molecule has 0 aliphatic carbocycles. The number of likely N-dealkylation sites (tertiary alicyclic amines) is 1. The van der Waals surface area contributed by atoms with Crippen LogP contribution < -0.4 is 15.9 Å². The van der Waals surface area contributed by atoms with Crippen LogP contribution in [-0.4, -0.2) is 35.1 Å². The van der Waals surface area contributed by atoms with Gasteiger partial charge in [-0.05, 0) is 42.9 Å². The van der Waals surface area contributed by atoms with E-state index in [0.29, 0.717) is 36.0 Å². The molecule has 7 nitrogen and oxygen atoms in total. The average molecular weight is 483 g/mol. The van der Waals surface area contributed by atoms with Crippen molar-refractivity contribution in [3.8, 4) is 5.75 Å². The minimum absolute atomic E-state index is 0.0192. The zero-order chi connectivity index (χ0) is 23.8. The number of carbonyl (C=O) groups excluding carboxylic acids is 1. The minimum Gasteiger partial charge on any atom is -0.482 e. The molecule has 2 atom stereocenters. The molecule has 34 heavy (non-hydrogen) atoms. The number of aromatic nitrogens is 1. The Morgan fingerprint density at radius 1 is 1.18 bits per heavy atom. The second-order valence-corrected chi connectivity index (χ2v) is 9.67. The lowest BCUT2D eigenvalue weighted by molar-refractivity contribution is -0.136. The number of fused-ring (bicyclic) bond motifs is 5. The van der Waals surface area contributed by atoms with E-state index in [0.717, 1.165) is 42.3 Å². The van der Waals surface area contributed by atoms with Gasteiger partial charge >= 0.3 is 5.63 Å². The van der Waals surface area contributed by atoms with Gasteiger partial charge in [0.15, 0.2) is 6.61 Å². The normalized spacial score (nSPS) is 19.2. The van der Waals surface area contributed by atoms with Gasteiger partial charge in [-0.15, -0.1) is 0 Å². The van der Waals surface area contributed by atoms with Gasteiger partial charge in [0.05, 0.1) is 5.02 Å². The number of carbonyl (C=O) groups is 1. The number of ether oxygens (including phenoxy) is 1. The molecule has 4 heterocycles. The second-order valence-electron chi connectivity index (χ2n) is 9.26. The number of hydrogen-bond acceptors (Lipinski definition) is 5. The molecular formula is C26H27ClN2O5. The fourth-order valence-corrected chi connectivity index (χ4v) is 5.46. The van der Waals surface area contributed by atoms with Gasteiger partial charge in [0.2, 0.25) is 0 Å². The first-order valence-electron chi connectivity index (χ1n) is 11.8. The van der Waals surface area contributed by atoms with Crippen molar-refractivity contribution >= 4 is 28.5 Å². The third kappa shape index (κ3) is 4.37. The number of amides is 1. The van der Waals surface area contributed by atoms with Crippen molar-refractivity contribution in [3.05, 3.63) is 73.5 Å². The quantitative estimate of drug-likeness (QED) is 0.496. The summed E-state index contributed by atoms with van der Waals surface area (Å²) in [6, 6.07) is 10.2. The SMILES string of the molecule is CCCCc1cc(=O)oc2cc(OCC(=O)N3C[C@H]4C[C@@H](C3)c3cccc(=O)n3C4)c(Cl)cc12. The molecule has 0 saturated carbocycles. The number of hydrogen-bond donors (Lipinski definition) is 0. The van der Waals surface area contributed by atoms with Crippen LogP contribution >= 0.6 is 11.6 Å². The van der Waals surface area contributed by atoms with Gasteiger partial charge < -0.3 is 18.6 Å². The number of benzene rings is 1. The molecule has 1 fully saturated rings. The lowest BCUT2D eigenvalue weighted by Crippen LogP contribution is -2.50. The van der Waals surface area contributed by atoms with Crippen LogP contribution in [0.1, 0.15) is 43.4 Å². The Labute approximate surface area is 201 Å². The molecule has 3 aromatic rings. The van der Waals surface area contributed by atoms with Crippen molar-refractivity contribution in [2.24, 2.45) is 5.92 Å². The monoisotopic (exact) mass is 482 g/mol. The lowest BCUT2D eigenvalue weighted by Gasteiger charge is -2.42. The minimum atomic E-state index is -0.415. The van der Waals surface area contributed by atoms with Gasteiger partial charge in [0, 0.05) is 54.8 Å². The highest BCUT2D eigenvalue weighted by Gasteiger charge is 2.36.